The molecule has 0 saturated heterocycles. The second-order valence-corrected chi connectivity index (χ2v) is 7.09. The molecule has 116 valence electrons. The predicted molar refractivity (Wildman–Crippen MR) is 88.8 cm³/mol. The minimum absolute atomic E-state index is 0.0114. The van der Waals surface area contributed by atoms with E-state index in [-0.39, 0.29) is 11.1 Å². The Morgan fingerprint density at radius 2 is 1.86 bits per heavy atom. The fourth-order valence-corrected chi connectivity index (χ4v) is 2.72. The van der Waals surface area contributed by atoms with Gasteiger partial charge in [0.25, 0.3) is 0 Å². The van der Waals surface area contributed by atoms with Crippen LogP contribution in [-0.4, -0.2) is 18.7 Å². The molecule has 22 heavy (non-hydrogen) atoms. The van der Waals surface area contributed by atoms with Crippen LogP contribution < -0.4 is 5.69 Å². The van der Waals surface area contributed by atoms with Gasteiger partial charge in [0, 0.05) is 38.6 Å². The first-order valence-electron chi connectivity index (χ1n) is 7.45. The third-order valence-electron chi connectivity index (χ3n) is 3.74. The van der Waals surface area contributed by atoms with Crippen molar-refractivity contribution in [3.8, 4) is 11.3 Å². The summed E-state index contributed by atoms with van der Waals surface area (Å²) >= 11 is 0. The second-order valence-electron chi connectivity index (χ2n) is 7.09. The Morgan fingerprint density at radius 1 is 1.14 bits per heavy atom. The summed E-state index contributed by atoms with van der Waals surface area (Å²) in [6.07, 6.45) is 4.02. The number of hydrogen-bond donors (Lipinski definition) is 0. The molecule has 0 amide bonds. The minimum Gasteiger partial charge on any atom is -0.357 e. The standard InChI is InChI=1S/C17H22N4O/c1-17(2,3)11-21-14-7-6-13(12-8-9-19(4)10-12)18-15(14)20(5)16(21)22/h6-10H,11H2,1-5H3. The lowest BCUT2D eigenvalue weighted by Gasteiger charge is -2.18. The second kappa shape index (κ2) is 4.87. The number of aromatic nitrogens is 4. The summed E-state index contributed by atoms with van der Waals surface area (Å²) in [6.45, 7) is 7.06. The first-order chi connectivity index (χ1) is 10.3. The highest BCUT2D eigenvalue weighted by atomic mass is 16.1. The Hall–Kier alpha value is -2.30. The van der Waals surface area contributed by atoms with Crippen LogP contribution in [0.5, 0.6) is 0 Å². The van der Waals surface area contributed by atoms with Gasteiger partial charge in [-0.3, -0.25) is 9.13 Å². The number of aryl methyl sites for hydroxylation is 2. The van der Waals surface area contributed by atoms with Gasteiger partial charge in [-0.15, -0.1) is 0 Å². The van der Waals surface area contributed by atoms with Crippen molar-refractivity contribution in [1.82, 2.24) is 18.7 Å². The molecule has 0 radical (unpaired) electrons. The lowest BCUT2D eigenvalue weighted by atomic mass is 9.97. The van der Waals surface area contributed by atoms with E-state index in [2.05, 4.69) is 20.8 Å². The smallest absolute Gasteiger partial charge is 0.330 e. The maximum absolute atomic E-state index is 12.5. The van der Waals surface area contributed by atoms with Gasteiger partial charge in [0.05, 0.1) is 11.2 Å². The van der Waals surface area contributed by atoms with E-state index in [9.17, 15) is 4.79 Å². The van der Waals surface area contributed by atoms with Crippen molar-refractivity contribution in [2.24, 2.45) is 19.5 Å². The quantitative estimate of drug-likeness (QED) is 0.730. The van der Waals surface area contributed by atoms with E-state index in [1.54, 1.807) is 11.6 Å². The topological polar surface area (TPSA) is 44.8 Å². The molecule has 0 atom stereocenters. The molecule has 3 aromatic rings. The van der Waals surface area contributed by atoms with Crippen LogP contribution in [-0.2, 0) is 20.6 Å². The summed E-state index contributed by atoms with van der Waals surface area (Å²) in [5.41, 5.74) is 3.59. The fourth-order valence-electron chi connectivity index (χ4n) is 2.72. The van der Waals surface area contributed by atoms with E-state index < -0.39 is 0 Å². The molecule has 0 spiro atoms. The van der Waals surface area contributed by atoms with Crippen LogP contribution in [0.1, 0.15) is 20.8 Å². The molecular weight excluding hydrogens is 276 g/mol. The van der Waals surface area contributed by atoms with E-state index in [4.69, 9.17) is 4.98 Å². The summed E-state index contributed by atoms with van der Waals surface area (Å²) in [5.74, 6) is 0. The monoisotopic (exact) mass is 298 g/mol. The van der Waals surface area contributed by atoms with Crippen molar-refractivity contribution in [1.29, 1.82) is 0 Å². The van der Waals surface area contributed by atoms with E-state index in [0.717, 1.165) is 22.4 Å². The first-order valence-corrected chi connectivity index (χ1v) is 7.45. The van der Waals surface area contributed by atoms with Gasteiger partial charge >= 0.3 is 5.69 Å². The average Bonchev–Trinajstić information content (AvgIpc) is 2.96. The minimum atomic E-state index is -0.0114. The Balaban J connectivity index is 2.18. The fraction of sp³-hybridized carbons (Fsp3) is 0.412. The van der Waals surface area contributed by atoms with E-state index >= 15 is 0 Å². The maximum atomic E-state index is 12.5. The van der Waals surface area contributed by atoms with Gasteiger partial charge in [0.2, 0.25) is 0 Å². The Labute approximate surface area is 129 Å². The molecule has 0 unspecified atom stereocenters. The summed E-state index contributed by atoms with van der Waals surface area (Å²) in [4.78, 5) is 17.2. The summed E-state index contributed by atoms with van der Waals surface area (Å²) in [7, 11) is 3.77. The van der Waals surface area contributed by atoms with Crippen molar-refractivity contribution < 1.29 is 0 Å². The van der Waals surface area contributed by atoms with Crippen molar-refractivity contribution in [2.45, 2.75) is 27.3 Å². The van der Waals surface area contributed by atoms with Crippen LogP contribution >= 0.6 is 0 Å². The Bertz CT molecular complexity index is 890. The van der Waals surface area contributed by atoms with Gasteiger partial charge in [-0.1, -0.05) is 20.8 Å². The SMILES string of the molecule is Cn1ccc(-c2ccc3c(n2)n(C)c(=O)n3CC(C)(C)C)c1. The lowest BCUT2D eigenvalue weighted by molar-refractivity contribution is 0.342. The molecular formula is C17H22N4O. The molecule has 3 aromatic heterocycles. The van der Waals surface area contributed by atoms with Crippen LogP contribution in [0.25, 0.3) is 22.4 Å². The normalized spacial score (nSPS) is 12.2. The predicted octanol–water partition coefficient (Wildman–Crippen LogP) is 2.79. The molecule has 3 heterocycles. The molecule has 0 fully saturated rings. The zero-order chi connectivity index (χ0) is 16.1. The molecule has 0 aliphatic carbocycles. The van der Waals surface area contributed by atoms with Gasteiger partial charge in [-0.05, 0) is 23.6 Å². The Kier molecular flexibility index (Phi) is 3.24. The number of rotatable bonds is 2. The third kappa shape index (κ3) is 2.47. The summed E-state index contributed by atoms with van der Waals surface area (Å²) in [6, 6.07) is 6.01. The van der Waals surface area contributed by atoms with Crippen LogP contribution in [0.15, 0.2) is 35.4 Å². The molecule has 5 heteroatoms. The van der Waals surface area contributed by atoms with Gasteiger partial charge < -0.3 is 4.57 Å². The van der Waals surface area contributed by atoms with E-state index in [1.807, 2.05) is 46.8 Å². The molecule has 5 nitrogen and oxygen atoms in total. The number of imidazole rings is 1. The molecule has 0 saturated carbocycles. The van der Waals surface area contributed by atoms with Crippen molar-refractivity contribution in [3.05, 3.63) is 41.1 Å². The molecule has 0 aliphatic rings. The van der Waals surface area contributed by atoms with Crippen molar-refractivity contribution in [2.75, 3.05) is 0 Å². The number of pyridine rings is 1. The number of fused-ring (bicyclic) bond motifs is 1. The van der Waals surface area contributed by atoms with Crippen molar-refractivity contribution >= 4 is 11.2 Å². The highest BCUT2D eigenvalue weighted by Crippen LogP contribution is 2.23. The first kappa shape index (κ1) is 14.6. The van der Waals surface area contributed by atoms with Crippen LogP contribution in [0.4, 0.5) is 0 Å². The largest absolute Gasteiger partial charge is 0.357 e. The maximum Gasteiger partial charge on any atom is 0.330 e. The van der Waals surface area contributed by atoms with Gasteiger partial charge in [-0.2, -0.15) is 0 Å². The highest BCUT2D eigenvalue weighted by Gasteiger charge is 2.18. The Morgan fingerprint density at radius 3 is 2.45 bits per heavy atom. The molecule has 0 aromatic carbocycles. The third-order valence-corrected chi connectivity index (χ3v) is 3.74. The average molecular weight is 298 g/mol. The highest BCUT2D eigenvalue weighted by molar-refractivity contribution is 5.76. The van der Waals surface area contributed by atoms with Crippen molar-refractivity contribution in [3.63, 3.8) is 0 Å². The van der Waals surface area contributed by atoms with Gasteiger partial charge in [0.1, 0.15) is 0 Å². The molecule has 0 aliphatic heterocycles. The van der Waals surface area contributed by atoms with Crippen LogP contribution in [0.2, 0.25) is 0 Å². The molecule has 0 N–H and O–H groups in total. The lowest BCUT2D eigenvalue weighted by Crippen LogP contribution is -2.27. The summed E-state index contributed by atoms with van der Waals surface area (Å²) < 4.78 is 5.44. The van der Waals surface area contributed by atoms with Crippen LogP contribution in [0, 0.1) is 5.41 Å². The van der Waals surface area contributed by atoms with Gasteiger partial charge in [0.15, 0.2) is 5.65 Å². The van der Waals surface area contributed by atoms with E-state index in [0.29, 0.717) is 6.54 Å². The zero-order valence-corrected chi connectivity index (χ0v) is 13.8. The molecule has 0 bridgehead atoms. The van der Waals surface area contributed by atoms with Crippen LogP contribution in [0.3, 0.4) is 0 Å². The summed E-state index contributed by atoms with van der Waals surface area (Å²) in [5, 5.41) is 0. The number of nitrogens with zero attached hydrogens (tertiary/aromatic N) is 4. The zero-order valence-electron chi connectivity index (χ0n) is 13.8. The van der Waals surface area contributed by atoms with Gasteiger partial charge in [-0.25, -0.2) is 9.78 Å². The van der Waals surface area contributed by atoms with E-state index in [1.165, 1.54) is 0 Å². The number of hydrogen-bond acceptors (Lipinski definition) is 2. The molecule has 3 rings (SSSR count).